The SMILES string of the molecule is CNC(=O)CN=Cc1cccc(OC)c1O. The van der Waals surface area contributed by atoms with Crippen LogP contribution in [0.4, 0.5) is 0 Å². The van der Waals surface area contributed by atoms with E-state index in [-0.39, 0.29) is 18.2 Å². The molecule has 0 radical (unpaired) electrons. The molecule has 0 aliphatic rings. The molecule has 86 valence electrons. The molecule has 0 bridgehead atoms. The molecule has 0 unspecified atom stereocenters. The average molecular weight is 222 g/mol. The van der Waals surface area contributed by atoms with Crippen LogP contribution in [0.5, 0.6) is 11.5 Å². The van der Waals surface area contributed by atoms with Crippen LogP contribution in [-0.4, -0.2) is 37.9 Å². The van der Waals surface area contributed by atoms with Crippen LogP contribution in [0.15, 0.2) is 23.2 Å². The summed E-state index contributed by atoms with van der Waals surface area (Å²) in [7, 11) is 3.02. The van der Waals surface area contributed by atoms with Gasteiger partial charge in [-0.25, -0.2) is 0 Å². The predicted octanol–water partition coefficient (Wildman–Crippen LogP) is 0.566. The number of aliphatic imine (C=N–C) groups is 1. The van der Waals surface area contributed by atoms with Crippen molar-refractivity contribution in [3.8, 4) is 11.5 Å². The number of carbonyl (C=O) groups excluding carboxylic acids is 1. The molecule has 16 heavy (non-hydrogen) atoms. The largest absolute Gasteiger partial charge is 0.504 e. The normalized spacial score (nSPS) is 10.4. The summed E-state index contributed by atoms with van der Waals surface area (Å²) in [6.45, 7) is 0.0349. The molecule has 0 spiro atoms. The molecular weight excluding hydrogens is 208 g/mol. The highest BCUT2D eigenvalue weighted by atomic mass is 16.5. The molecule has 5 nitrogen and oxygen atoms in total. The summed E-state index contributed by atoms with van der Waals surface area (Å²) in [5.74, 6) is 0.216. The van der Waals surface area contributed by atoms with Crippen LogP contribution in [0, 0.1) is 0 Å². The van der Waals surface area contributed by atoms with Crippen molar-refractivity contribution in [1.82, 2.24) is 5.32 Å². The van der Waals surface area contributed by atoms with E-state index in [1.165, 1.54) is 13.3 Å². The summed E-state index contributed by atoms with van der Waals surface area (Å²) < 4.78 is 4.94. The molecule has 0 saturated carbocycles. The molecular formula is C11H14N2O3. The lowest BCUT2D eigenvalue weighted by molar-refractivity contribution is -0.119. The molecule has 0 aromatic heterocycles. The quantitative estimate of drug-likeness (QED) is 0.731. The Labute approximate surface area is 93.8 Å². The second kappa shape index (κ2) is 5.75. The highest BCUT2D eigenvalue weighted by Gasteiger charge is 2.04. The Morgan fingerprint density at radius 1 is 1.62 bits per heavy atom. The topological polar surface area (TPSA) is 70.9 Å². The first-order valence-corrected chi connectivity index (χ1v) is 4.75. The van der Waals surface area contributed by atoms with E-state index in [1.807, 2.05) is 0 Å². The summed E-state index contributed by atoms with van der Waals surface area (Å²) in [6.07, 6.45) is 1.44. The van der Waals surface area contributed by atoms with E-state index in [4.69, 9.17) is 4.74 Å². The lowest BCUT2D eigenvalue weighted by Crippen LogP contribution is -2.20. The number of phenolic OH excluding ortho intramolecular Hbond substituents is 1. The molecule has 1 aromatic rings. The summed E-state index contributed by atoms with van der Waals surface area (Å²) >= 11 is 0. The van der Waals surface area contributed by atoms with Gasteiger partial charge in [0.15, 0.2) is 11.5 Å². The number of methoxy groups -OCH3 is 1. The highest BCUT2D eigenvalue weighted by Crippen LogP contribution is 2.27. The van der Waals surface area contributed by atoms with Gasteiger partial charge in [0, 0.05) is 18.8 Å². The number of hydrogen-bond donors (Lipinski definition) is 2. The molecule has 0 aliphatic carbocycles. The maximum absolute atomic E-state index is 10.9. The van der Waals surface area contributed by atoms with E-state index < -0.39 is 0 Å². The standard InChI is InChI=1S/C11H14N2O3/c1-12-10(14)7-13-6-8-4-3-5-9(16-2)11(8)15/h3-6,15H,7H2,1-2H3,(H,12,14). The first-order chi connectivity index (χ1) is 7.69. The number of carbonyl (C=O) groups is 1. The Morgan fingerprint density at radius 2 is 2.38 bits per heavy atom. The minimum atomic E-state index is -0.182. The molecule has 5 heteroatoms. The molecule has 0 fully saturated rings. The fraction of sp³-hybridized carbons (Fsp3) is 0.273. The van der Waals surface area contributed by atoms with Crippen molar-refractivity contribution in [2.24, 2.45) is 4.99 Å². The lowest BCUT2D eigenvalue weighted by Gasteiger charge is -2.04. The fourth-order valence-corrected chi connectivity index (χ4v) is 1.11. The van der Waals surface area contributed by atoms with Crippen LogP contribution in [0.2, 0.25) is 0 Å². The maximum atomic E-state index is 10.9. The van der Waals surface area contributed by atoms with Gasteiger partial charge in [0.05, 0.1) is 7.11 Å². The first-order valence-electron chi connectivity index (χ1n) is 4.75. The smallest absolute Gasteiger partial charge is 0.241 e. The summed E-state index contributed by atoms with van der Waals surface area (Å²) in [5.41, 5.74) is 0.517. The van der Waals surface area contributed by atoms with Crippen LogP contribution in [0.1, 0.15) is 5.56 Å². The Morgan fingerprint density at radius 3 is 3.00 bits per heavy atom. The number of benzene rings is 1. The number of aromatic hydroxyl groups is 1. The van der Waals surface area contributed by atoms with E-state index in [1.54, 1.807) is 25.2 Å². The zero-order valence-corrected chi connectivity index (χ0v) is 9.23. The second-order valence-corrected chi connectivity index (χ2v) is 3.04. The number of para-hydroxylation sites is 1. The Hall–Kier alpha value is -2.04. The van der Waals surface area contributed by atoms with Gasteiger partial charge in [-0.1, -0.05) is 6.07 Å². The predicted molar refractivity (Wildman–Crippen MR) is 61.2 cm³/mol. The minimum absolute atomic E-state index is 0.0191. The van der Waals surface area contributed by atoms with Gasteiger partial charge in [-0.15, -0.1) is 0 Å². The van der Waals surface area contributed by atoms with Gasteiger partial charge in [-0.05, 0) is 12.1 Å². The first kappa shape index (κ1) is 12.0. The van der Waals surface area contributed by atoms with Crippen LogP contribution in [0.25, 0.3) is 0 Å². The minimum Gasteiger partial charge on any atom is -0.504 e. The van der Waals surface area contributed by atoms with Crippen molar-refractivity contribution < 1.29 is 14.6 Å². The number of ether oxygens (including phenoxy) is 1. The number of phenols is 1. The van der Waals surface area contributed by atoms with E-state index >= 15 is 0 Å². The highest BCUT2D eigenvalue weighted by molar-refractivity contribution is 5.87. The summed E-state index contributed by atoms with van der Waals surface area (Å²) in [4.78, 5) is 14.8. The number of amides is 1. The molecule has 0 heterocycles. The Bertz CT molecular complexity index is 402. The van der Waals surface area contributed by atoms with Gasteiger partial charge in [0.1, 0.15) is 6.54 Å². The number of nitrogens with zero attached hydrogens (tertiary/aromatic N) is 1. The molecule has 0 atom stereocenters. The van der Waals surface area contributed by atoms with E-state index in [9.17, 15) is 9.90 Å². The number of rotatable bonds is 4. The van der Waals surface area contributed by atoms with Crippen LogP contribution in [-0.2, 0) is 4.79 Å². The number of likely N-dealkylation sites (N-methyl/N-ethyl adjacent to an activating group) is 1. The Kier molecular flexibility index (Phi) is 4.32. The van der Waals surface area contributed by atoms with Crippen molar-refractivity contribution in [3.05, 3.63) is 23.8 Å². The van der Waals surface area contributed by atoms with Gasteiger partial charge < -0.3 is 15.2 Å². The molecule has 1 rings (SSSR count). The van der Waals surface area contributed by atoms with Crippen molar-refractivity contribution in [2.45, 2.75) is 0 Å². The van der Waals surface area contributed by atoms with Gasteiger partial charge in [-0.3, -0.25) is 9.79 Å². The third kappa shape index (κ3) is 2.98. The molecule has 1 amide bonds. The van der Waals surface area contributed by atoms with E-state index in [0.717, 1.165) is 0 Å². The van der Waals surface area contributed by atoms with Gasteiger partial charge in [0.25, 0.3) is 0 Å². The van der Waals surface area contributed by atoms with Crippen molar-refractivity contribution in [3.63, 3.8) is 0 Å². The number of nitrogens with one attached hydrogen (secondary N) is 1. The van der Waals surface area contributed by atoms with Crippen molar-refractivity contribution in [2.75, 3.05) is 20.7 Å². The van der Waals surface area contributed by atoms with Crippen molar-refractivity contribution >= 4 is 12.1 Å². The van der Waals surface area contributed by atoms with Crippen LogP contribution >= 0.6 is 0 Å². The monoisotopic (exact) mass is 222 g/mol. The molecule has 0 saturated heterocycles. The number of hydrogen-bond acceptors (Lipinski definition) is 4. The maximum Gasteiger partial charge on any atom is 0.241 e. The van der Waals surface area contributed by atoms with Gasteiger partial charge in [0.2, 0.25) is 5.91 Å². The van der Waals surface area contributed by atoms with E-state index in [2.05, 4.69) is 10.3 Å². The summed E-state index contributed by atoms with van der Waals surface area (Å²) in [6, 6.07) is 5.07. The zero-order chi connectivity index (χ0) is 12.0. The van der Waals surface area contributed by atoms with Crippen molar-refractivity contribution in [1.29, 1.82) is 0 Å². The Balaban J connectivity index is 2.77. The third-order valence-corrected chi connectivity index (χ3v) is 1.99. The molecule has 0 aliphatic heterocycles. The van der Waals surface area contributed by atoms with Crippen LogP contribution in [0.3, 0.4) is 0 Å². The van der Waals surface area contributed by atoms with E-state index in [0.29, 0.717) is 11.3 Å². The van der Waals surface area contributed by atoms with Gasteiger partial charge >= 0.3 is 0 Å². The van der Waals surface area contributed by atoms with Crippen LogP contribution < -0.4 is 10.1 Å². The van der Waals surface area contributed by atoms with Gasteiger partial charge in [-0.2, -0.15) is 0 Å². The average Bonchev–Trinajstić information content (AvgIpc) is 2.31. The zero-order valence-electron chi connectivity index (χ0n) is 9.23. The summed E-state index contributed by atoms with van der Waals surface area (Å²) in [5, 5.41) is 12.1. The fourth-order valence-electron chi connectivity index (χ4n) is 1.11. The molecule has 2 N–H and O–H groups in total. The molecule has 1 aromatic carbocycles. The third-order valence-electron chi connectivity index (χ3n) is 1.99. The second-order valence-electron chi connectivity index (χ2n) is 3.04. The lowest BCUT2D eigenvalue weighted by atomic mass is 10.2.